The summed E-state index contributed by atoms with van der Waals surface area (Å²) in [6.45, 7) is 4.95. The quantitative estimate of drug-likeness (QED) is 0.373. The van der Waals surface area contributed by atoms with Gasteiger partial charge in [0.1, 0.15) is 12.3 Å². The van der Waals surface area contributed by atoms with E-state index in [1.165, 1.54) is 17.0 Å². The molecule has 1 saturated heterocycles. The molecule has 0 aliphatic carbocycles. The first-order valence-corrected chi connectivity index (χ1v) is 11.3. The molecule has 0 radical (unpaired) electrons. The summed E-state index contributed by atoms with van der Waals surface area (Å²) in [7, 11) is 0. The lowest BCUT2D eigenvalue weighted by Crippen LogP contribution is -2.48. The van der Waals surface area contributed by atoms with Crippen molar-refractivity contribution in [3.05, 3.63) is 63.1 Å². The molecule has 1 aliphatic rings. The Kier molecular flexibility index (Phi) is 8.46. The number of hydrogen-bond acceptors (Lipinski definition) is 6. The molecule has 3 rings (SSSR count). The van der Waals surface area contributed by atoms with Crippen molar-refractivity contribution in [2.24, 2.45) is 0 Å². The first-order chi connectivity index (χ1) is 15.8. The van der Waals surface area contributed by atoms with Crippen LogP contribution in [0.1, 0.15) is 49.2 Å². The number of carbonyl (C=O) groups is 2. The Morgan fingerprint density at radius 2 is 2.12 bits per heavy atom. The summed E-state index contributed by atoms with van der Waals surface area (Å²) >= 11 is 6.19. The highest BCUT2D eigenvalue weighted by Crippen LogP contribution is 2.25. The summed E-state index contributed by atoms with van der Waals surface area (Å²) in [4.78, 5) is 40.2. The molecule has 33 heavy (non-hydrogen) atoms. The fourth-order valence-corrected chi connectivity index (χ4v) is 3.97. The van der Waals surface area contributed by atoms with Crippen molar-refractivity contribution in [3.63, 3.8) is 0 Å². The number of amides is 2. The number of nitro groups is 1. The van der Waals surface area contributed by atoms with Gasteiger partial charge in [0.2, 0.25) is 5.91 Å². The summed E-state index contributed by atoms with van der Waals surface area (Å²) in [5.41, 5.74) is -0.0871. The van der Waals surface area contributed by atoms with Crippen LogP contribution in [0.2, 0.25) is 5.02 Å². The van der Waals surface area contributed by atoms with Crippen LogP contribution in [-0.4, -0.2) is 58.4 Å². The first-order valence-electron chi connectivity index (χ1n) is 11.0. The lowest BCUT2D eigenvalue weighted by molar-refractivity contribution is -0.384. The summed E-state index contributed by atoms with van der Waals surface area (Å²) < 4.78 is 11.1. The third-order valence-electron chi connectivity index (χ3n) is 5.81. The second-order valence-electron chi connectivity index (χ2n) is 8.10. The predicted molar refractivity (Wildman–Crippen MR) is 122 cm³/mol. The lowest BCUT2D eigenvalue weighted by atomic mass is 10.1. The maximum Gasteiger partial charge on any atom is 0.270 e. The molecule has 1 fully saturated rings. The number of benzene rings is 1. The average Bonchev–Trinajstić information content (AvgIpc) is 3.50. The van der Waals surface area contributed by atoms with Crippen LogP contribution >= 0.6 is 11.6 Å². The van der Waals surface area contributed by atoms with E-state index in [0.717, 1.165) is 18.9 Å². The van der Waals surface area contributed by atoms with Crippen LogP contribution in [0.15, 0.2) is 41.0 Å². The Bertz CT molecular complexity index is 975. The molecule has 2 unspecified atom stereocenters. The molecule has 0 saturated carbocycles. The molecule has 0 N–H and O–H groups in total. The van der Waals surface area contributed by atoms with E-state index in [-0.39, 0.29) is 47.4 Å². The van der Waals surface area contributed by atoms with Gasteiger partial charge in [-0.2, -0.15) is 0 Å². The molecule has 178 valence electrons. The minimum atomic E-state index is -0.576. The first kappa shape index (κ1) is 24.7. The number of halogens is 1. The number of nitro benzene ring substituents is 1. The van der Waals surface area contributed by atoms with Crippen molar-refractivity contribution in [2.45, 2.75) is 51.8 Å². The normalized spacial score (nSPS) is 16.4. The fourth-order valence-electron chi connectivity index (χ4n) is 3.72. The van der Waals surface area contributed by atoms with Gasteiger partial charge in [-0.15, -0.1) is 0 Å². The topological polar surface area (TPSA) is 106 Å². The van der Waals surface area contributed by atoms with Crippen LogP contribution < -0.4 is 0 Å². The van der Waals surface area contributed by atoms with E-state index >= 15 is 0 Å². The Hall–Kier alpha value is -2.91. The van der Waals surface area contributed by atoms with E-state index in [4.69, 9.17) is 20.8 Å². The molecule has 2 aromatic rings. The molecule has 2 atom stereocenters. The van der Waals surface area contributed by atoms with Crippen molar-refractivity contribution in [2.75, 3.05) is 19.7 Å². The zero-order chi connectivity index (χ0) is 24.0. The number of non-ortho nitro benzene ring substituents is 1. The van der Waals surface area contributed by atoms with Gasteiger partial charge in [0, 0.05) is 31.3 Å². The monoisotopic (exact) mass is 477 g/mol. The average molecular weight is 478 g/mol. The number of ether oxygens (including phenoxy) is 1. The third-order valence-corrected chi connectivity index (χ3v) is 6.12. The lowest BCUT2D eigenvalue weighted by Gasteiger charge is -2.32. The second-order valence-corrected chi connectivity index (χ2v) is 8.51. The predicted octanol–water partition coefficient (Wildman–Crippen LogP) is 4.29. The molecule has 0 spiro atoms. The van der Waals surface area contributed by atoms with E-state index in [1.54, 1.807) is 23.3 Å². The number of carbonyl (C=O) groups excluding carboxylic acids is 2. The van der Waals surface area contributed by atoms with Crippen molar-refractivity contribution in [1.82, 2.24) is 9.80 Å². The van der Waals surface area contributed by atoms with Gasteiger partial charge in [-0.1, -0.05) is 18.5 Å². The summed E-state index contributed by atoms with van der Waals surface area (Å²) in [6, 6.07) is 7.01. The Morgan fingerprint density at radius 3 is 2.70 bits per heavy atom. The molecule has 2 heterocycles. The number of hydrogen-bond donors (Lipinski definition) is 0. The second kappa shape index (κ2) is 11.3. The van der Waals surface area contributed by atoms with Crippen LogP contribution in [0.3, 0.4) is 0 Å². The van der Waals surface area contributed by atoms with Gasteiger partial charge in [0.05, 0.1) is 34.4 Å². The molecular weight excluding hydrogens is 450 g/mol. The highest BCUT2D eigenvalue weighted by molar-refractivity contribution is 6.34. The molecule has 10 heteroatoms. The van der Waals surface area contributed by atoms with Crippen LogP contribution in [0, 0.1) is 10.1 Å². The Labute approximate surface area is 197 Å². The minimum absolute atomic E-state index is 0.0262. The van der Waals surface area contributed by atoms with E-state index < -0.39 is 10.8 Å². The highest BCUT2D eigenvalue weighted by atomic mass is 35.5. The van der Waals surface area contributed by atoms with Gasteiger partial charge in [-0.3, -0.25) is 19.7 Å². The zero-order valence-corrected chi connectivity index (χ0v) is 19.5. The summed E-state index contributed by atoms with van der Waals surface area (Å²) in [5.74, 6) is -0.0533. The number of nitrogens with zero attached hydrogens (tertiary/aromatic N) is 3. The Balaban J connectivity index is 1.81. The number of rotatable bonds is 10. The third kappa shape index (κ3) is 6.33. The number of furan rings is 1. The van der Waals surface area contributed by atoms with Crippen LogP contribution in [0.5, 0.6) is 0 Å². The minimum Gasteiger partial charge on any atom is -0.467 e. The summed E-state index contributed by atoms with van der Waals surface area (Å²) in [5, 5.41) is 11.0. The van der Waals surface area contributed by atoms with E-state index in [9.17, 15) is 19.7 Å². The van der Waals surface area contributed by atoms with Gasteiger partial charge >= 0.3 is 0 Å². The van der Waals surface area contributed by atoms with Crippen molar-refractivity contribution < 1.29 is 23.7 Å². The summed E-state index contributed by atoms with van der Waals surface area (Å²) in [6.07, 6.45) is 3.93. The standard InChI is InChI=1S/C23H28ClN3O6/c1-3-16(2)26(23(29)20-9-8-17(27(30)31)12-21(20)24)15-22(28)25(13-18-6-4-10-32-18)14-19-7-5-11-33-19/h4,6,8-10,12,16,19H,3,5,7,11,13-15H2,1-2H3. The molecule has 0 bridgehead atoms. The highest BCUT2D eigenvalue weighted by Gasteiger charge is 2.29. The maximum atomic E-state index is 13.4. The van der Waals surface area contributed by atoms with Gasteiger partial charge in [0.15, 0.2) is 0 Å². The maximum absolute atomic E-state index is 13.4. The van der Waals surface area contributed by atoms with Gasteiger partial charge in [0.25, 0.3) is 11.6 Å². The Morgan fingerprint density at radius 1 is 1.33 bits per heavy atom. The SMILES string of the molecule is CCC(C)N(CC(=O)N(Cc1ccco1)CC1CCCO1)C(=O)c1ccc([N+](=O)[O-])cc1Cl. The zero-order valence-electron chi connectivity index (χ0n) is 18.7. The van der Waals surface area contributed by atoms with Crippen LogP contribution in [-0.2, 0) is 16.1 Å². The van der Waals surface area contributed by atoms with Gasteiger partial charge in [-0.25, -0.2) is 0 Å². The molecule has 1 aromatic carbocycles. The van der Waals surface area contributed by atoms with Crippen LogP contribution in [0.25, 0.3) is 0 Å². The van der Waals surface area contributed by atoms with E-state index in [2.05, 4.69) is 0 Å². The van der Waals surface area contributed by atoms with Crippen molar-refractivity contribution in [1.29, 1.82) is 0 Å². The van der Waals surface area contributed by atoms with Gasteiger partial charge in [-0.05, 0) is 44.4 Å². The molecular formula is C23H28ClN3O6. The fraction of sp³-hybridized carbons (Fsp3) is 0.478. The van der Waals surface area contributed by atoms with Crippen molar-refractivity contribution >= 4 is 29.1 Å². The largest absolute Gasteiger partial charge is 0.467 e. The molecule has 2 amide bonds. The van der Waals surface area contributed by atoms with E-state index in [0.29, 0.717) is 25.3 Å². The van der Waals surface area contributed by atoms with Crippen molar-refractivity contribution in [3.8, 4) is 0 Å². The molecule has 1 aromatic heterocycles. The van der Waals surface area contributed by atoms with Crippen LogP contribution in [0.4, 0.5) is 5.69 Å². The molecule has 1 aliphatic heterocycles. The van der Waals surface area contributed by atoms with Gasteiger partial charge < -0.3 is 19.0 Å². The smallest absolute Gasteiger partial charge is 0.270 e. The molecule has 9 nitrogen and oxygen atoms in total. The van der Waals surface area contributed by atoms with E-state index in [1.807, 2.05) is 13.8 Å².